The third-order valence-corrected chi connectivity index (χ3v) is 4.44. The summed E-state index contributed by atoms with van der Waals surface area (Å²) in [6.45, 7) is 0. The van der Waals surface area contributed by atoms with Gasteiger partial charge in [-0.1, -0.05) is 12.2 Å². The van der Waals surface area contributed by atoms with Gasteiger partial charge in [-0.05, 0) is 66.8 Å². The molecule has 1 aromatic carbocycles. The van der Waals surface area contributed by atoms with Gasteiger partial charge in [0, 0.05) is 17.2 Å². The van der Waals surface area contributed by atoms with Gasteiger partial charge in [-0.25, -0.2) is 4.68 Å². The minimum Gasteiger partial charge on any atom is -0.326 e. The first-order chi connectivity index (χ1) is 11.3. The van der Waals surface area contributed by atoms with Gasteiger partial charge < -0.3 is 5.32 Å². The molecule has 2 aliphatic rings. The molecule has 0 bridgehead atoms. The standard InChI is InChI=1S/C17H19N5O/c23-17(13-4-2-1-3-5-13)18-14-8-6-12(7-9-14)16-19-20-21-22(16)15-10-11-15/h1-2,6-9,13,15H,3-5,10-11H2,(H,18,23). The average Bonchev–Trinajstić information content (AvgIpc) is 3.33. The molecule has 1 amide bonds. The van der Waals surface area contributed by atoms with Gasteiger partial charge in [0.2, 0.25) is 5.91 Å². The third-order valence-electron chi connectivity index (χ3n) is 4.44. The van der Waals surface area contributed by atoms with Gasteiger partial charge >= 0.3 is 0 Å². The van der Waals surface area contributed by atoms with Crippen molar-refractivity contribution in [1.82, 2.24) is 20.2 Å². The van der Waals surface area contributed by atoms with Crippen LogP contribution in [-0.4, -0.2) is 26.1 Å². The summed E-state index contributed by atoms with van der Waals surface area (Å²) in [5.74, 6) is 0.981. The number of amides is 1. The highest BCUT2D eigenvalue weighted by atomic mass is 16.1. The van der Waals surface area contributed by atoms with Crippen LogP contribution in [0.3, 0.4) is 0 Å². The minimum atomic E-state index is 0.0850. The summed E-state index contributed by atoms with van der Waals surface area (Å²) in [5.41, 5.74) is 1.79. The Hall–Kier alpha value is -2.50. The number of carbonyl (C=O) groups excluding carboxylic acids is 1. The second kappa shape index (κ2) is 5.95. The number of benzene rings is 1. The summed E-state index contributed by atoms with van der Waals surface area (Å²) >= 11 is 0. The molecule has 1 unspecified atom stereocenters. The van der Waals surface area contributed by atoms with E-state index in [1.807, 2.05) is 28.9 Å². The Morgan fingerprint density at radius 2 is 1.96 bits per heavy atom. The maximum absolute atomic E-state index is 12.3. The molecular formula is C17H19N5O. The monoisotopic (exact) mass is 309 g/mol. The lowest BCUT2D eigenvalue weighted by Crippen LogP contribution is -2.23. The van der Waals surface area contributed by atoms with Crippen molar-refractivity contribution < 1.29 is 4.79 Å². The van der Waals surface area contributed by atoms with E-state index in [4.69, 9.17) is 0 Å². The van der Waals surface area contributed by atoms with Gasteiger partial charge in [0.05, 0.1) is 6.04 Å². The Labute approximate surface area is 134 Å². The van der Waals surface area contributed by atoms with Crippen molar-refractivity contribution in [2.45, 2.75) is 38.1 Å². The van der Waals surface area contributed by atoms with E-state index in [2.05, 4.69) is 33.0 Å². The zero-order chi connectivity index (χ0) is 15.6. The highest BCUT2D eigenvalue weighted by Gasteiger charge is 2.28. The maximum atomic E-state index is 12.3. The number of tetrazole rings is 1. The van der Waals surface area contributed by atoms with Crippen LogP contribution in [0.4, 0.5) is 5.69 Å². The fourth-order valence-electron chi connectivity index (χ4n) is 2.93. The van der Waals surface area contributed by atoms with Crippen molar-refractivity contribution in [3.05, 3.63) is 36.4 Å². The van der Waals surface area contributed by atoms with Crippen LogP contribution < -0.4 is 5.32 Å². The van der Waals surface area contributed by atoms with E-state index >= 15 is 0 Å². The van der Waals surface area contributed by atoms with Crippen molar-refractivity contribution in [3.63, 3.8) is 0 Å². The maximum Gasteiger partial charge on any atom is 0.227 e. The summed E-state index contributed by atoms with van der Waals surface area (Å²) in [6, 6.07) is 8.19. The number of rotatable bonds is 4. The van der Waals surface area contributed by atoms with Gasteiger partial charge in [-0.2, -0.15) is 0 Å². The average molecular weight is 309 g/mol. The summed E-state index contributed by atoms with van der Waals surface area (Å²) in [5, 5.41) is 15.0. The van der Waals surface area contributed by atoms with Crippen LogP contribution in [0.5, 0.6) is 0 Å². The number of nitrogens with zero attached hydrogens (tertiary/aromatic N) is 4. The van der Waals surface area contributed by atoms with Gasteiger partial charge in [0.15, 0.2) is 5.82 Å². The van der Waals surface area contributed by atoms with E-state index in [0.717, 1.165) is 49.2 Å². The molecule has 6 nitrogen and oxygen atoms in total. The molecule has 4 rings (SSSR count). The summed E-state index contributed by atoms with van der Waals surface area (Å²) in [6.07, 6.45) is 9.26. The lowest BCUT2D eigenvalue weighted by Gasteiger charge is -2.17. The summed E-state index contributed by atoms with van der Waals surface area (Å²) in [7, 11) is 0. The summed E-state index contributed by atoms with van der Waals surface area (Å²) in [4.78, 5) is 12.3. The van der Waals surface area contributed by atoms with Gasteiger partial charge in [-0.3, -0.25) is 4.79 Å². The van der Waals surface area contributed by atoms with Gasteiger partial charge in [0.25, 0.3) is 0 Å². The van der Waals surface area contributed by atoms with E-state index in [0.29, 0.717) is 6.04 Å². The lowest BCUT2D eigenvalue weighted by atomic mass is 9.93. The van der Waals surface area contributed by atoms with Crippen molar-refractivity contribution in [3.8, 4) is 11.4 Å². The Morgan fingerprint density at radius 3 is 2.65 bits per heavy atom. The smallest absolute Gasteiger partial charge is 0.227 e. The predicted molar refractivity (Wildman–Crippen MR) is 86.6 cm³/mol. The molecular weight excluding hydrogens is 290 g/mol. The van der Waals surface area contributed by atoms with Crippen LogP contribution in [0.25, 0.3) is 11.4 Å². The molecule has 1 atom stereocenters. The first-order valence-corrected chi connectivity index (χ1v) is 8.15. The number of aromatic nitrogens is 4. The van der Waals surface area contributed by atoms with Gasteiger partial charge in [0.1, 0.15) is 0 Å². The van der Waals surface area contributed by atoms with Crippen LogP contribution in [0, 0.1) is 5.92 Å². The number of hydrogen-bond donors (Lipinski definition) is 1. The Balaban J connectivity index is 1.46. The highest BCUT2D eigenvalue weighted by Crippen LogP contribution is 2.36. The SMILES string of the molecule is O=C(Nc1ccc(-c2nnnn2C2CC2)cc1)C1CC=CCC1. The first kappa shape index (κ1) is 14.1. The molecule has 1 fully saturated rings. The Morgan fingerprint density at radius 1 is 1.13 bits per heavy atom. The summed E-state index contributed by atoms with van der Waals surface area (Å²) < 4.78 is 1.89. The Kier molecular flexibility index (Phi) is 3.65. The molecule has 6 heteroatoms. The van der Waals surface area contributed by atoms with Crippen LogP contribution in [-0.2, 0) is 4.79 Å². The molecule has 1 heterocycles. The molecule has 118 valence electrons. The molecule has 0 spiro atoms. The number of allylic oxidation sites excluding steroid dienone is 2. The Bertz CT molecular complexity index is 730. The van der Waals surface area contributed by atoms with Crippen LogP contribution in [0.2, 0.25) is 0 Å². The predicted octanol–water partition coefficient (Wildman–Crippen LogP) is 2.97. The lowest BCUT2D eigenvalue weighted by molar-refractivity contribution is -0.120. The normalized spacial score (nSPS) is 20.4. The van der Waals surface area contributed by atoms with Gasteiger partial charge in [-0.15, -0.1) is 5.10 Å². The van der Waals surface area contributed by atoms with E-state index < -0.39 is 0 Å². The largest absolute Gasteiger partial charge is 0.326 e. The molecule has 0 radical (unpaired) electrons. The highest BCUT2D eigenvalue weighted by molar-refractivity contribution is 5.92. The molecule has 0 aliphatic heterocycles. The molecule has 1 saturated carbocycles. The van der Waals surface area contributed by atoms with Crippen molar-refractivity contribution in [2.24, 2.45) is 5.92 Å². The minimum absolute atomic E-state index is 0.0850. The topological polar surface area (TPSA) is 72.7 Å². The van der Waals surface area contributed by atoms with Crippen molar-refractivity contribution >= 4 is 11.6 Å². The molecule has 2 aromatic rings. The fourth-order valence-corrected chi connectivity index (χ4v) is 2.93. The van der Waals surface area contributed by atoms with E-state index in [1.54, 1.807) is 0 Å². The van der Waals surface area contributed by atoms with Crippen LogP contribution in [0.1, 0.15) is 38.1 Å². The molecule has 23 heavy (non-hydrogen) atoms. The van der Waals surface area contributed by atoms with E-state index in [-0.39, 0.29) is 11.8 Å². The number of anilines is 1. The second-order valence-corrected chi connectivity index (χ2v) is 6.23. The third kappa shape index (κ3) is 3.02. The molecule has 0 saturated heterocycles. The molecule has 1 N–H and O–H groups in total. The van der Waals surface area contributed by atoms with Crippen molar-refractivity contribution in [1.29, 1.82) is 0 Å². The number of nitrogens with one attached hydrogen (secondary N) is 1. The quantitative estimate of drug-likeness (QED) is 0.881. The first-order valence-electron chi connectivity index (χ1n) is 8.15. The molecule has 1 aromatic heterocycles. The van der Waals surface area contributed by atoms with E-state index in [9.17, 15) is 4.79 Å². The zero-order valence-electron chi connectivity index (χ0n) is 12.9. The van der Waals surface area contributed by atoms with Crippen LogP contribution >= 0.6 is 0 Å². The van der Waals surface area contributed by atoms with Crippen LogP contribution in [0.15, 0.2) is 36.4 Å². The zero-order valence-corrected chi connectivity index (χ0v) is 12.9. The second-order valence-electron chi connectivity index (χ2n) is 6.23. The number of carbonyl (C=O) groups is 1. The fraction of sp³-hybridized carbons (Fsp3) is 0.412. The molecule has 2 aliphatic carbocycles. The van der Waals surface area contributed by atoms with E-state index in [1.165, 1.54) is 0 Å². The number of hydrogen-bond acceptors (Lipinski definition) is 4. The van der Waals surface area contributed by atoms with Crippen molar-refractivity contribution in [2.75, 3.05) is 5.32 Å².